The van der Waals surface area contributed by atoms with Gasteiger partial charge in [-0.15, -0.1) is 0 Å². The fraction of sp³-hybridized carbons (Fsp3) is 0.750. The first kappa shape index (κ1) is 20.0. The molecule has 0 saturated carbocycles. The molecule has 1 aliphatic heterocycles. The lowest BCUT2D eigenvalue weighted by Crippen LogP contribution is -2.66. The normalized spacial score (nSPS) is 36.2. The van der Waals surface area contributed by atoms with Gasteiger partial charge in [-0.3, -0.25) is 4.79 Å². The van der Waals surface area contributed by atoms with E-state index in [-0.39, 0.29) is 17.6 Å². The minimum atomic E-state index is -1.63. The summed E-state index contributed by atoms with van der Waals surface area (Å²) in [5.41, 5.74) is -3.24. The summed E-state index contributed by atoms with van der Waals surface area (Å²) in [6.07, 6.45) is 9.96. The molecule has 1 fully saturated rings. The van der Waals surface area contributed by atoms with Gasteiger partial charge in [0, 0.05) is 5.92 Å². The molecular formula is C20H33NO4. The molecule has 0 spiro atoms. The lowest BCUT2D eigenvalue weighted by molar-refractivity contribution is -0.126. The summed E-state index contributed by atoms with van der Waals surface area (Å²) in [7, 11) is 0. The predicted molar refractivity (Wildman–Crippen MR) is 98.0 cm³/mol. The average Bonchev–Trinajstić information content (AvgIpc) is 2.79. The standard InChI is InChI=1S/C20H33NO4/c1-4-5-6-10-13-16-18(24)21-20(14(2)22,19(16,3)25)17(23)15-11-8-7-9-12-15/h8,11,15-17,22-23,25H,2,4-7,9-10,12-13H2,1,3H3,(H,21,24)/t15-,16+,17?,19+,20-/m1/s1. The van der Waals surface area contributed by atoms with E-state index in [1.54, 1.807) is 0 Å². The fourth-order valence-corrected chi connectivity index (χ4v) is 4.46. The number of hydrogen-bond acceptors (Lipinski definition) is 4. The second kappa shape index (κ2) is 7.92. The molecule has 5 atom stereocenters. The van der Waals surface area contributed by atoms with Crippen LogP contribution in [-0.2, 0) is 4.79 Å². The van der Waals surface area contributed by atoms with Gasteiger partial charge in [-0.1, -0.05) is 51.3 Å². The Morgan fingerprint density at radius 3 is 2.72 bits per heavy atom. The lowest BCUT2D eigenvalue weighted by atomic mass is 9.67. The van der Waals surface area contributed by atoms with Crippen LogP contribution in [0.5, 0.6) is 0 Å². The minimum absolute atomic E-state index is 0.233. The van der Waals surface area contributed by atoms with Crippen LogP contribution in [0.3, 0.4) is 0 Å². The monoisotopic (exact) mass is 351 g/mol. The van der Waals surface area contributed by atoms with Crippen molar-refractivity contribution in [3.63, 3.8) is 0 Å². The third-order valence-corrected chi connectivity index (χ3v) is 6.06. The second-order valence-corrected chi connectivity index (χ2v) is 7.76. The van der Waals surface area contributed by atoms with E-state index in [1.165, 1.54) is 6.92 Å². The molecule has 5 nitrogen and oxygen atoms in total. The van der Waals surface area contributed by atoms with Gasteiger partial charge >= 0.3 is 0 Å². The van der Waals surface area contributed by atoms with Crippen molar-refractivity contribution in [2.45, 2.75) is 82.5 Å². The third-order valence-electron chi connectivity index (χ3n) is 6.06. The van der Waals surface area contributed by atoms with Gasteiger partial charge in [0.25, 0.3) is 0 Å². The number of hydrogen-bond donors (Lipinski definition) is 4. The Morgan fingerprint density at radius 1 is 1.44 bits per heavy atom. The Hall–Kier alpha value is -1.33. The van der Waals surface area contributed by atoms with E-state index >= 15 is 0 Å². The first-order valence-electron chi connectivity index (χ1n) is 9.56. The average molecular weight is 351 g/mol. The van der Waals surface area contributed by atoms with Crippen LogP contribution in [-0.4, -0.2) is 38.5 Å². The number of carbonyl (C=O) groups is 1. The quantitative estimate of drug-likeness (QED) is 0.307. The van der Waals surface area contributed by atoms with E-state index in [2.05, 4.69) is 18.8 Å². The number of rotatable bonds is 8. The molecule has 2 rings (SSSR count). The summed E-state index contributed by atoms with van der Waals surface area (Å²) in [6, 6.07) is 0. The Labute approximate surface area is 150 Å². The molecular weight excluding hydrogens is 318 g/mol. The number of allylic oxidation sites excluding steroid dienone is 1. The van der Waals surface area contributed by atoms with Crippen LogP contribution in [0.4, 0.5) is 0 Å². The van der Waals surface area contributed by atoms with Gasteiger partial charge < -0.3 is 20.6 Å². The SMILES string of the molecule is C=C(O)[C@]1(C(O)[C@@H]2C=CCCC2)NC(=O)[C@H](CCCCCC)[C@]1(C)O. The molecule has 0 bridgehead atoms. The zero-order valence-electron chi connectivity index (χ0n) is 15.5. The summed E-state index contributed by atoms with van der Waals surface area (Å²) in [5.74, 6) is -1.61. The summed E-state index contributed by atoms with van der Waals surface area (Å²) in [5, 5.41) is 35.4. The van der Waals surface area contributed by atoms with Crippen molar-refractivity contribution in [2.75, 3.05) is 0 Å². The molecule has 4 N–H and O–H groups in total. The Bertz CT molecular complexity index is 528. The number of carbonyl (C=O) groups excluding carboxylic acids is 1. The van der Waals surface area contributed by atoms with Gasteiger partial charge in [0.1, 0.15) is 11.4 Å². The topological polar surface area (TPSA) is 89.8 Å². The molecule has 1 amide bonds. The minimum Gasteiger partial charge on any atom is -0.510 e. The molecule has 142 valence electrons. The molecule has 25 heavy (non-hydrogen) atoms. The maximum atomic E-state index is 12.6. The van der Waals surface area contributed by atoms with Crippen molar-refractivity contribution in [1.82, 2.24) is 5.32 Å². The Morgan fingerprint density at radius 2 is 2.16 bits per heavy atom. The molecule has 1 saturated heterocycles. The van der Waals surface area contributed by atoms with Crippen LogP contribution in [0.15, 0.2) is 24.5 Å². The van der Waals surface area contributed by atoms with Crippen LogP contribution < -0.4 is 5.32 Å². The van der Waals surface area contributed by atoms with Crippen molar-refractivity contribution in [3.05, 3.63) is 24.5 Å². The van der Waals surface area contributed by atoms with Crippen LogP contribution in [0.1, 0.15) is 65.2 Å². The van der Waals surface area contributed by atoms with E-state index in [0.29, 0.717) is 6.42 Å². The van der Waals surface area contributed by atoms with Crippen molar-refractivity contribution in [2.24, 2.45) is 11.8 Å². The van der Waals surface area contributed by atoms with Crippen LogP contribution >= 0.6 is 0 Å². The third kappa shape index (κ3) is 3.49. The summed E-state index contributed by atoms with van der Waals surface area (Å²) >= 11 is 0. The van der Waals surface area contributed by atoms with Gasteiger partial charge in [0.05, 0.1) is 12.0 Å². The number of nitrogens with one attached hydrogen (secondary N) is 1. The highest BCUT2D eigenvalue weighted by molar-refractivity contribution is 5.85. The molecule has 0 aromatic carbocycles. The largest absolute Gasteiger partial charge is 0.510 e. The zero-order valence-corrected chi connectivity index (χ0v) is 15.5. The summed E-state index contributed by atoms with van der Waals surface area (Å²) in [6.45, 7) is 7.25. The van der Waals surface area contributed by atoms with Crippen LogP contribution in [0, 0.1) is 11.8 Å². The van der Waals surface area contributed by atoms with E-state index < -0.39 is 23.2 Å². The predicted octanol–water partition coefficient (Wildman–Crippen LogP) is 2.98. The van der Waals surface area contributed by atoms with E-state index in [1.807, 2.05) is 12.2 Å². The van der Waals surface area contributed by atoms with Crippen molar-refractivity contribution in [3.8, 4) is 0 Å². The van der Waals surface area contributed by atoms with E-state index in [0.717, 1.165) is 44.9 Å². The van der Waals surface area contributed by atoms with Gasteiger partial charge in [0.2, 0.25) is 5.91 Å². The maximum absolute atomic E-state index is 12.6. The first-order valence-corrected chi connectivity index (χ1v) is 9.56. The van der Waals surface area contributed by atoms with Crippen LogP contribution in [0.25, 0.3) is 0 Å². The molecule has 1 unspecified atom stereocenters. The molecule has 0 radical (unpaired) electrons. The maximum Gasteiger partial charge on any atom is 0.227 e. The van der Waals surface area contributed by atoms with Gasteiger partial charge in [-0.2, -0.15) is 0 Å². The smallest absolute Gasteiger partial charge is 0.227 e. The molecule has 2 aliphatic rings. The fourth-order valence-electron chi connectivity index (χ4n) is 4.46. The highest BCUT2D eigenvalue weighted by Crippen LogP contribution is 2.46. The number of aliphatic hydroxyl groups excluding tert-OH is 2. The summed E-state index contributed by atoms with van der Waals surface area (Å²) < 4.78 is 0. The van der Waals surface area contributed by atoms with Gasteiger partial charge in [-0.25, -0.2) is 0 Å². The van der Waals surface area contributed by atoms with Crippen molar-refractivity contribution < 1.29 is 20.1 Å². The molecule has 0 aromatic rings. The lowest BCUT2D eigenvalue weighted by Gasteiger charge is -2.45. The zero-order chi connectivity index (χ0) is 18.7. The molecule has 1 aliphatic carbocycles. The van der Waals surface area contributed by atoms with Gasteiger partial charge in [0.15, 0.2) is 5.54 Å². The van der Waals surface area contributed by atoms with Crippen molar-refractivity contribution in [1.29, 1.82) is 0 Å². The molecule has 1 heterocycles. The first-order chi connectivity index (χ1) is 11.8. The molecule has 5 heteroatoms. The molecule has 0 aromatic heterocycles. The Balaban J connectivity index is 2.27. The second-order valence-electron chi connectivity index (χ2n) is 7.76. The van der Waals surface area contributed by atoms with Gasteiger partial charge in [-0.05, 0) is 32.6 Å². The van der Waals surface area contributed by atoms with E-state index in [4.69, 9.17) is 0 Å². The van der Waals surface area contributed by atoms with Crippen LogP contribution in [0.2, 0.25) is 0 Å². The number of aliphatic hydroxyl groups is 3. The van der Waals surface area contributed by atoms with Crippen molar-refractivity contribution >= 4 is 5.91 Å². The number of unbranched alkanes of at least 4 members (excludes halogenated alkanes) is 3. The highest BCUT2D eigenvalue weighted by Gasteiger charge is 2.66. The van der Waals surface area contributed by atoms with E-state index in [9.17, 15) is 20.1 Å². The highest BCUT2D eigenvalue weighted by atomic mass is 16.3. The summed E-state index contributed by atoms with van der Waals surface area (Å²) in [4.78, 5) is 12.6. The number of amides is 1. The Kier molecular flexibility index (Phi) is 6.33.